The van der Waals surface area contributed by atoms with E-state index < -0.39 is 12.3 Å². The van der Waals surface area contributed by atoms with Crippen LogP contribution in [0.15, 0.2) is 23.0 Å². The molecule has 4 heteroatoms. The van der Waals surface area contributed by atoms with E-state index in [-0.39, 0.29) is 5.76 Å². The molecule has 1 aliphatic heterocycles. The molecule has 4 nitrogen and oxygen atoms in total. The molecule has 0 amide bonds. The van der Waals surface area contributed by atoms with Gasteiger partial charge >= 0.3 is 5.97 Å². The summed E-state index contributed by atoms with van der Waals surface area (Å²) < 4.78 is 14.9. The fourth-order valence-corrected chi connectivity index (χ4v) is 1.17. The van der Waals surface area contributed by atoms with Crippen LogP contribution in [0.2, 0.25) is 0 Å². The third-order valence-corrected chi connectivity index (χ3v) is 2.16. The highest BCUT2D eigenvalue weighted by atomic mass is 16.7. The van der Waals surface area contributed by atoms with Crippen LogP contribution in [0.4, 0.5) is 0 Å². The zero-order valence-electron chi connectivity index (χ0n) is 8.79. The zero-order valence-corrected chi connectivity index (χ0v) is 8.79. The smallest absolute Gasteiger partial charge is 0.373 e. The molecule has 0 fully saturated rings. The first-order chi connectivity index (χ1) is 6.60. The van der Waals surface area contributed by atoms with Crippen LogP contribution < -0.4 is 0 Å². The number of hydrogen-bond acceptors (Lipinski definition) is 4. The molecular formula is C10H14O4. The number of esters is 1. The molecule has 0 saturated carbocycles. The van der Waals surface area contributed by atoms with Gasteiger partial charge in [-0.3, -0.25) is 0 Å². The van der Waals surface area contributed by atoms with E-state index in [0.717, 1.165) is 11.1 Å². The molecular weight excluding hydrogens is 184 g/mol. The number of hydrogen-bond donors (Lipinski definition) is 0. The van der Waals surface area contributed by atoms with Gasteiger partial charge in [0.1, 0.15) is 0 Å². The first-order valence-electron chi connectivity index (χ1n) is 4.27. The molecule has 1 rings (SSSR count). The third-order valence-electron chi connectivity index (χ3n) is 2.16. The van der Waals surface area contributed by atoms with E-state index in [1.54, 1.807) is 6.08 Å². The Balaban J connectivity index is 2.93. The summed E-state index contributed by atoms with van der Waals surface area (Å²) in [6.07, 6.45) is 1.16. The lowest BCUT2D eigenvalue weighted by Crippen LogP contribution is -2.24. The second-order valence-corrected chi connectivity index (χ2v) is 3.05. The molecule has 0 aliphatic carbocycles. The monoisotopic (exact) mass is 198 g/mol. The van der Waals surface area contributed by atoms with Crippen molar-refractivity contribution in [2.24, 2.45) is 0 Å². The molecule has 0 N–H and O–H groups in total. The van der Waals surface area contributed by atoms with Crippen molar-refractivity contribution < 1.29 is 19.0 Å². The van der Waals surface area contributed by atoms with Gasteiger partial charge in [0.15, 0.2) is 0 Å². The first-order valence-corrected chi connectivity index (χ1v) is 4.27. The van der Waals surface area contributed by atoms with Crippen molar-refractivity contribution in [3.63, 3.8) is 0 Å². The van der Waals surface area contributed by atoms with Crippen LogP contribution in [-0.4, -0.2) is 26.5 Å². The molecule has 1 aliphatic rings. The van der Waals surface area contributed by atoms with Crippen molar-refractivity contribution in [1.82, 2.24) is 0 Å². The van der Waals surface area contributed by atoms with Gasteiger partial charge < -0.3 is 14.2 Å². The van der Waals surface area contributed by atoms with E-state index in [9.17, 15) is 4.79 Å². The number of carbonyl (C=O) groups is 1. The van der Waals surface area contributed by atoms with Crippen LogP contribution in [-0.2, 0) is 19.0 Å². The Bertz CT molecular complexity index is 301. The topological polar surface area (TPSA) is 44.8 Å². The minimum absolute atomic E-state index is 0.183. The molecule has 1 atom stereocenters. The minimum Gasteiger partial charge on any atom is -0.463 e. The Morgan fingerprint density at radius 2 is 2.07 bits per heavy atom. The van der Waals surface area contributed by atoms with E-state index in [1.165, 1.54) is 14.2 Å². The van der Waals surface area contributed by atoms with Crippen molar-refractivity contribution in [1.29, 1.82) is 0 Å². The average Bonchev–Trinajstić information content (AvgIpc) is 2.20. The fraction of sp³-hybridized carbons (Fsp3) is 0.500. The summed E-state index contributed by atoms with van der Waals surface area (Å²) in [5.41, 5.74) is 1.92. The molecule has 0 radical (unpaired) electrons. The van der Waals surface area contributed by atoms with Gasteiger partial charge in [-0.1, -0.05) is 0 Å². The maximum atomic E-state index is 11.2. The molecule has 78 valence electrons. The second-order valence-electron chi connectivity index (χ2n) is 3.05. The highest BCUT2D eigenvalue weighted by molar-refractivity contribution is 5.87. The van der Waals surface area contributed by atoms with Crippen LogP contribution >= 0.6 is 0 Å². The maximum Gasteiger partial charge on any atom is 0.373 e. The van der Waals surface area contributed by atoms with Crippen LogP contribution in [0, 0.1) is 0 Å². The van der Waals surface area contributed by atoms with Crippen molar-refractivity contribution in [2.45, 2.75) is 20.1 Å². The number of carbonyl (C=O) groups excluding carboxylic acids is 1. The lowest BCUT2D eigenvalue weighted by molar-refractivity contribution is -0.147. The standard InChI is InChI=1S/C10H14O4/c1-6-5-8(9(11)12-3)14-10(13-4)7(6)2/h5,10H,1-4H3/t10-/m0/s1. The normalized spacial score (nSPS) is 21.4. The molecule has 0 aromatic rings. The summed E-state index contributed by atoms with van der Waals surface area (Å²) >= 11 is 0. The molecule has 0 saturated heterocycles. The van der Waals surface area contributed by atoms with Gasteiger partial charge in [0.2, 0.25) is 12.0 Å². The summed E-state index contributed by atoms with van der Waals surface area (Å²) in [5.74, 6) is -0.304. The van der Waals surface area contributed by atoms with Crippen LogP contribution in [0.5, 0.6) is 0 Å². The Morgan fingerprint density at radius 3 is 2.57 bits per heavy atom. The number of methoxy groups -OCH3 is 2. The predicted molar refractivity (Wildman–Crippen MR) is 50.4 cm³/mol. The van der Waals surface area contributed by atoms with Crippen molar-refractivity contribution >= 4 is 5.97 Å². The number of allylic oxidation sites excluding steroid dienone is 2. The van der Waals surface area contributed by atoms with Crippen molar-refractivity contribution in [2.75, 3.05) is 14.2 Å². The van der Waals surface area contributed by atoms with E-state index in [2.05, 4.69) is 4.74 Å². The highest BCUT2D eigenvalue weighted by Crippen LogP contribution is 2.23. The quantitative estimate of drug-likeness (QED) is 0.629. The van der Waals surface area contributed by atoms with Crippen molar-refractivity contribution in [3.8, 4) is 0 Å². The summed E-state index contributed by atoms with van der Waals surface area (Å²) in [4.78, 5) is 11.2. The molecule has 0 aromatic carbocycles. The molecule has 0 bridgehead atoms. The number of rotatable bonds is 2. The van der Waals surface area contributed by atoms with E-state index >= 15 is 0 Å². The largest absolute Gasteiger partial charge is 0.463 e. The Kier molecular flexibility index (Phi) is 3.30. The van der Waals surface area contributed by atoms with Gasteiger partial charge in [0.25, 0.3) is 0 Å². The highest BCUT2D eigenvalue weighted by Gasteiger charge is 2.24. The lowest BCUT2D eigenvalue weighted by atomic mass is 10.1. The molecule has 0 unspecified atom stereocenters. The van der Waals surface area contributed by atoms with Gasteiger partial charge in [-0.25, -0.2) is 4.79 Å². The molecule has 0 aromatic heterocycles. The Morgan fingerprint density at radius 1 is 1.43 bits per heavy atom. The minimum atomic E-state index is -0.492. The van der Waals surface area contributed by atoms with Crippen molar-refractivity contribution in [3.05, 3.63) is 23.0 Å². The maximum absolute atomic E-state index is 11.2. The molecule has 0 spiro atoms. The summed E-state index contributed by atoms with van der Waals surface area (Å²) in [6.45, 7) is 3.79. The van der Waals surface area contributed by atoms with Crippen LogP contribution in [0.1, 0.15) is 13.8 Å². The van der Waals surface area contributed by atoms with Gasteiger partial charge in [-0.05, 0) is 31.1 Å². The molecule has 1 heterocycles. The molecule has 14 heavy (non-hydrogen) atoms. The summed E-state index contributed by atoms with van der Waals surface area (Å²) in [7, 11) is 2.84. The van der Waals surface area contributed by atoms with Crippen LogP contribution in [0.3, 0.4) is 0 Å². The third kappa shape index (κ3) is 1.96. The van der Waals surface area contributed by atoms with Gasteiger partial charge in [-0.15, -0.1) is 0 Å². The lowest BCUT2D eigenvalue weighted by Gasteiger charge is -2.24. The zero-order chi connectivity index (χ0) is 10.7. The second kappa shape index (κ2) is 4.28. The van der Waals surface area contributed by atoms with E-state index in [0.29, 0.717) is 0 Å². The van der Waals surface area contributed by atoms with Gasteiger partial charge in [0.05, 0.1) is 7.11 Å². The first kappa shape index (κ1) is 10.8. The fourth-order valence-electron chi connectivity index (χ4n) is 1.17. The van der Waals surface area contributed by atoms with Gasteiger partial charge in [-0.2, -0.15) is 0 Å². The van der Waals surface area contributed by atoms with E-state index in [4.69, 9.17) is 9.47 Å². The Labute approximate surface area is 83.1 Å². The SMILES string of the molecule is COC(=O)C1=CC(C)=C(C)[C@@H](OC)O1. The van der Waals surface area contributed by atoms with Gasteiger partial charge in [0, 0.05) is 7.11 Å². The summed E-state index contributed by atoms with van der Waals surface area (Å²) in [5, 5.41) is 0. The van der Waals surface area contributed by atoms with Crippen LogP contribution in [0.25, 0.3) is 0 Å². The summed E-state index contributed by atoms with van der Waals surface area (Å²) in [6, 6.07) is 0. The van der Waals surface area contributed by atoms with E-state index in [1.807, 2.05) is 13.8 Å². The Hall–Kier alpha value is -1.29. The average molecular weight is 198 g/mol. The predicted octanol–water partition coefficient (Wildman–Crippen LogP) is 1.38. The number of ether oxygens (including phenoxy) is 3.